The summed E-state index contributed by atoms with van der Waals surface area (Å²) in [6, 6.07) is 33.5. The lowest BCUT2D eigenvalue weighted by atomic mass is 10.1. The topological polar surface area (TPSA) is 71.3 Å². The Kier molecular flexibility index (Phi) is 8.37. The first-order chi connectivity index (χ1) is 17.6. The monoisotopic (exact) mass is 494 g/mol. The Morgan fingerprint density at radius 1 is 0.833 bits per heavy atom. The molecule has 36 heavy (non-hydrogen) atoms. The van der Waals surface area contributed by atoms with Crippen molar-refractivity contribution < 1.29 is 14.3 Å². The highest BCUT2D eigenvalue weighted by molar-refractivity contribution is 6.31. The molecule has 0 aliphatic rings. The number of halogens is 1. The fourth-order valence-electron chi connectivity index (χ4n) is 3.38. The maximum atomic E-state index is 12.8. The van der Waals surface area contributed by atoms with Gasteiger partial charge in [0.25, 0.3) is 5.91 Å². The fraction of sp³-hybridized carbons (Fsp3) is 0.0667. The van der Waals surface area contributed by atoms with Crippen molar-refractivity contribution in [1.82, 2.24) is 0 Å². The van der Waals surface area contributed by atoms with Gasteiger partial charge in [-0.15, -0.1) is 0 Å². The number of nitriles is 1. The van der Waals surface area contributed by atoms with Crippen LogP contribution in [0, 0.1) is 11.3 Å². The summed E-state index contributed by atoms with van der Waals surface area (Å²) in [5, 5.41) is 13.0. The molecule has 4 aromatic carbocycles. The molecule has 0 fully saturated rings. The van der Waals surface area contributed by atoms with Gasteiger partial charge in [0.05, 0.1) is 0 Å². The molecule has 4 rings (SSSR count). The van der Waals surface area contributed by atoms with Crippen LogP contribution in [0.4, 0.5) is 5.69 Å². The van der Waals surface area contributed by atoms with Crippen LogP contribution in [-0.2, 0) is 18.0 Å². The van der Waals surface area contributed by atoms with E-state index in [1.165, 1.54) is 6.08 Å². The third-order valence-corrected chi connectivity index (χ3v) is 5.65. The zero-order valence-electron chi connectivity index (χ0n) is 19.4. The predicted octanol–water partition coefficient (Wildman–Crippen LogP) is 7.04. The van der Waals surface area contributed by atoms with Crippen LogP contribution in [0.5, 0.6) is 11.5 Å². The summed E-state index contributed by atoms with van der Waals surface area (Å²) >= 11 is 6.22. The lowest BCUT2D eigenvalue weighted by Gasteiger charge is -2.11. The normalized spacial score (nSPS) is 10.8. The van der Waals surface area contributed by atoms with E-state index in [1.54, 1.807) is 42.5 Å². The Bertz CT molecular complexity index is 1390. The van der Waals surface area contributed by atoms with E-state index >= 15 is 0 Å². The zero-order valence-corrected chi connectivity index (χ0v) is 20.1. The van der Waals surface area contributed by atoms with E-state index in [9.17, 15) is 10.1 Å². The van der Waals surface area contributed by atoms with Crippen molar-refractivity contribution in [2.45, 2.75) is 13.2 Å². The Hall–Kier alpha value is -4.53. The van der Waals surface area contributed by atoms with Crippen molar-refractivity contribution in [3.8, 4) is 17.6 Å². The molecular formula is C30H23ClN2O3. The highest BCUT2D eigenvalue weighted by atomic mass is 35.5. The third-order valence-electron chi connectivity index (χ3n) is 5.29. The van der Waals surface area contributed by atoms with Crippen LogP contribution in [0.3, 0.4) is 0 Å². The smallest absolute Gasteiger partial charge is 0.266 e. The Labute approximate surface area is 215 Å². The molecule has 1 amide bonds. The first-order valence-electron chi connectivity index (χ1n) is 11.3. The third kappa shape index (κ3) is 6.75. The molecule has 6 heteroatoms. The fourth-order valence-corrected chi connectivity index (χ4v) is 3.57. The summed E-state index contributed by atoms with van der Waals surface area (Å²) in [6.45, 7) is 0.711. The van der Waals surface area contributed by atoms with Gasteiger partial charge in [0.1, 0.15) is 36.4 Å². The van der Waals surface area contributed by atoms with Crippen molar-refractivity contribution >= 4 is 29.3 Å². The molecule has 0 saturated heterocycles. The molecule has 1 N–H and O–H groups in total. The summed E-state index contributed by atoms with van der Waals surface area (Å²) in [7, 11) is 0. The molecular weight excluding hydrogens is 472 g/mol. The first kappa shape index (κ1) is 24.6. The predicted molar refractivity (Wildman–Crippen MR) is 142 cm³/mol. The largest absolute Gasteiger partial charge is 0.489 e. The second kappa shape index (κ2) is 12.3. The Morgan fingerprint density at radius 3 is 2.28 bits per heavy atom. The molecule has 0 bridgehead atoms. The highest BCUT2D eigenvalue weighted by Crippen LogP contribution is 2.25. The quantitative estimate of drug-likeness (QED) is 0.200. The van der Waals surface area contributed by atoms with Crippen LogP contribution < -0.4 is 14.8 Å². The van der Waals surface area contributed by atoms with Crippen molar-refractivity contribution in [1.29, 1.82) is 5.26 Å². The number of para-hydroxylation sites is 1. The van der Waals surface area contributed by atoms with E-state index in [-0.39, 0.29) is 12.2 Å². The molecule has 0 heterocycles. The lowest BCUT2D eigenvalue weighted by Crippen LogP contribution is -2.13. The van der Waals surface area contributed by atoms with E-state index in [4.69, 9.17) is 21.1 Å². The van der Waals surface area contributed by atoms with Crippen molar-refractivity contribution in [3.05, 3.63) is 130 Å². The number of nitrogens with zero attached hydrogens (tertiary/aromatic N) is 1. The maximum Gasteiger partial charge on any atom is 0.266 e. The number of ether oxygens (including phenoxy) is 2. The van der Waals surface area contributed by atoms with Crippen molar-refractivity contribution in [2.24, 2.45) is 0 Å². The van der Waals surface area contributed by atoms with E-state index < -0.39 is 5.91 Å². The molecule has 0 atom stereocenters. The summed E-state index contributed by atoms with van der Waals surface area (Å²) in [5.41, 5.74) is 3.02. The highest BCUT2D eigenvalue weighted by Gasteiger charge is 2.12. The Morgan fingerprint density at radius 2 is 1.53 bits per heavy atom. The number of anilines is 1. The van der Waals surface area contributed by atoms with E-state index in [0.717, 1.165) is 11.1 Å². The minimum atomic E-state index is -0.517. The van der Waals surface area contributed by atoms with Crippen LogP contribution in [0.1, 0.15) is 16.7 Å². The van der Waals surface area contributed by atoms with Crippen LogP contribution in [-0.4, -0.2) is 5.91 Å². The average Bonchev–Trinajstić information content (AvgIpc) is 2.92. The molecule has 4 aromatic rings. The maximum absolute atomic E-state index is 12.8. The minimum absolute atomic E-state index is 0.0480. The van der Waals surface area contributed by atoms with Gasteiger partial charge in [-0.1, -0.05) is 78.3 Å². The van der Waals surface area contributed by atoms with Gasteiger partial charge < -0.3 is 14.8 Å². The molecule has 178 valence electrons. The summed E-state index contributed by atoms with van der Waals surface area (Å²) in [5.74, 6) is 0.701. The number of benzene rings is 4. The molecule has 0 aliphatic heterocycles. The summed E-state index contributed by atoms with van der Waals surface area (Å²) in [6.07, 6.45) is 1.51. The number of rotatable bonds is 9. The van der Waals surface area contributed by atoms with Crippen LogP contribution in [0.2, 0.25) is 5.02 Å². The van der Waals surface area contributed by atoms with Crippen LogP contribution in [0.25, 0.3) is 6.08 Å². The van der Waals surface area contributed by atoms with Gasteiger partial charge in [0, 0.05) is 21.8 Å². The van der Waals surface area contributed by atoms with Gasteiger partial charge in [-0.3, -0.25) is 4.79 Å². The van der Waals surface area contributed by atoms with Crippen LogP contribution >= 0.6 is 11.6 Å². The summed E-state index contributed by atoms with van der Waals surface area (Å²) < 4.78 is 11.7. The van der Waals surface area contributed by atoms with Gasteiger partial charge in [0.15, 0.2) is 0 Å². The van der Waals surface area contributed by atoms with E-state index in [1.807, 2.05) is 66.7 Å². The van der Waals surface area contributed by atoms with Crippen LogP contribution in [0.15, 0.2) is 109 Å². The van der Waals surface area contributed by atoms with Gasteiger partial charge in [0.2, 0.25) is 0 Å². The standard InChI is InChI=1S/C30H23ClN2O3/c31-28-12-6-4-11-24(28)21-36-29-13-7-5-10-23(29)18-25(19-32)30(34)33-26-14-16-27(17-15-26)35-20-22-8-2-1-3-9-22/h1-18H,20-21H2,(H,33,34)/b25-18+. The number of hydrogen-bond acceptors (Lipinski definition) is 4. The van der Waals surface area contributed by atoms with Gasteiger partial charge in [-0.2, -0.15) is 5.26 Å². The number of nitrogens with one attached hydrogen (secondary N) is 1. The molecule has 0 saturated carbocycles. The second-order valence-corrected chi connectivity index (χ2v) is 8.25. The van der Waals surface area contributed by atoms with E-state index in [0.29, 0.717) is 34.4 Å². The lowest BCUT2D eigenvalue weighted by molar-refractivity contribution is -0.112. The van der Waals surface area contributed by atoms with Gasteiger partial charge >= 0.3 is 0 Å². The number of carbonyl (C=O) groups excluding carboxylic acids is 1. The Balaban J connectivity index is 1.41. The number of hydrogen-bond donors (Lipinski definition) is 1. The van der Waals surface area contributed by atoms with Crippen molar-refractivity contribution in [2.75, 3.05) is 5.32 Å². The second-order valence-electron chi connectivity index (χ2n) is 7.84. The molecule has 0 unspecified atom stereocenters. The summed E-state index contributed by atoms with van der Waals surface area (Å²) in [4.78, 5) is 12.8. The minimum Gasteiger partial charge on any atom is -0.489 e. The molecule has 0 spiro atoms. The molecule has 0 aliphatic carbocycles. The number of amides is 1. The molecule has 0 aromatic heterocycles. The average molecular weight is 495 g/mol. The first-order valence-corrected chi connectivity index (χ1v) is 11.7. The van der Waals surface area contributed by atoms with Gasteiger partial charge in [-0.25, -0.2) is 0 Å². The molecule has 5 nitrogen and oxygen atoms in total. The zero-order chi connectivity index (χ0) is 25.2. The SMILES string of the molecule is N#C/C(=C\c1ccccc1OCc1ccccc1Cl)C(=O)Nc1ccc(OCc2ccccc2)cc1. The van der Waals surface area contributed by atoms with Gasteiger partial charge in [-0.05, 0) is 48.0 Å². The molecule has 0 radical (unpaired) electrons. The van der Waals surface area contributed by atoms with Crippen molar-refractivity contribution in [3.63, 3.8) is 0 Å². The van der Waals surface area contributed by atoms with E-state index in [2.05, 4.69) is 5.32 Å². The number of carbonyl (C=O) groups is 1.